The molecule has 2 heteroatoms. The van der Waals surface area contributed by atoms with E-state index in [4.69, 9.17) is 10.5 Å². The van der Waals surface area contributed by atoms with Crippen LogP contribution in [0.15, 0.2) is 0 Å². The Morgan fingerprint density at radius 3 is 2.45 bits per heavy atom. The van der Waals surface area contributed by atoms with Gasteiger partial charge in [0.1, 0.15) is 0 Å². The van der Waals surface area contributed by atoms with E-state index in [1.54, 1.807) is 0 Å². The van der Waals surface area contributed by atoms with Gasteiger partial charge in [-0.2, -0.15) is 0 Å². The highest BCUT2D eigenvalue weighted by atomic mass is 16.5. The Bertz CT molecular complexity index is 140. The standard InChI is InChI=1S/C9H17NO/c10-8-4-7-11-9(8)5-2-1-3-6-9/h8H,1-7,10H2. The molecule has 2 N–H and O–H groups in total. The molecule has 64 valence electrons. The minimum Gasteiger partial charge on any atom is -0.373 e. The zero-order valence-corrected chi connectivity index (χ0v) is 7.01. The molecule has 1 saturated heterocycles. The largest absolute Gasteiger partial charge is 0.373 e. The summed E-state index contributed by atoms with van der Waals surface area (Å²) >= 11 is 0. The van der Waals surface area contributed by atoms with E-state index in [1.807, 2.05) is 0 Å². The van der Waals surface area contributed by atoms with Crippen LogP contribution in [0.5, 0.6) is 0 Å². The first kappa shape index (κ1) is 7.56. The maximum Gasteiger partial charge on any atom is 0.0833 e. The third kappa shape index (κ3) is 1.18. The Labute approximate surface area is 68.1 Å². The molecule has 1 spiro atoms. The Kier molecular flexibility index (Phi) is 1.90. The normalized spacial score (nSPS) is 36.3. The van der Waals surface area contributed by atoms with Crippen molar-refractivity contribution in [3.05, 3.63) is 0 Å². The molecule has 0 bridgehead atoms. The smallest absolute Gasteiger partial charge is 0.0833 e. The zero-order chi connectivity index (χ0) is 7.73. The molecule has 0 amide bonds. The van der Waals surface area contributed by atoms with Crippen LogP contribution in [0.4, 0.5) is 0 Å². The van der Waals surface area contributed by atoms with Crippen molar-refractivity contribution in [3.63, 3.8) is 0 Å². The van der Waals surface area contributed by atoms with Gasteiger partial charge in [0.25, 0.3) is 0 Å². The second kappa shape index (κ2) is 2.76. The average Bonchev–Trinajstić information content (AvgIpc) is 2.36. The highest BCUT2D eigenvalue weighted by Gasteiger charge is 2.42. The van der Waals surface area contributed by atoms with E-state index in [2.05, 4.69) is 0 Å². The minimum absolute atomic E-state index is 0.109. The molecule has 1 aliphatic carbocycles. The van der Waals surface area contributed by atoms with Gasteiger partial charge in [-0.15, -0.1) is 0 Å². The molecular formula is C9H17NO. The number of ether oxygens (including phenoxy) is 1. The molecule has 1 unspecified atom stereocenters. The summed E-state index contributed by atoms with van der Waals surface area (Å²) in [7, 11) is 0. The third-order valence-corrected chi connectivity index (χ3v) is 3.19. The SMILES string of the molecule is NC1CCOC12CCCCC2. The van der Waals surface area contributed by atoms with E-state index in [0.717, 1.165) is 13.0 Å². The molecule has 2 aliphatic rings. The molecule has 0 aromatic carbocycles. The molecule has 0 aromatic heterocycles. The molecule has 11 heavy (non-hydrogen) atoms. The van der Waals surface area contributed by atoms with Crippen LogP contribution in [-0.2, 0) is 4.74 Å². The molecular weight excluding hydrogens is 138 g/mol. The van der Waals surface area contributed by atoms with Gasteiger partial charge in [-0.25, -0.2) is 0 Å². The van der Waals surface area contributed by atoms with Gasteiger partial charge >= 0.3 is 0 Å². The van der Waals surface area contributed by atoms with Crippen LogP contribution in [0.3, 0.4) is 0 Å². The monoisotopic (exact) mass is 155 g/mol. The van der Waals surface area contributed by atoms with Gasteiger partial charge in [0.05, 0.1) is 5.60 Å². The van der Waals surface area contributed by atoms with Crippen molar-refractivity contribution in [3.8, 4) is 0 Å². The van der Waals surface area contributed by atoms with Crippen molar-refractivity contribution in [1.29, 1.82) is 0 Å². The lowest BCUT2D eigenvalue weighted by Gasteiger charge is -2.35. The first-order valence-electron chi connectivity index (χ1n) is 4.73. The fourth-order valence-corrected chi connectivity index (χ4v) is 2.42. The summed E-state index contributed by atoms with van der Waals surface area (Å²) in [4.78, 5) is 0. The van der Waals surface area contributed by atoms with Crippen LogP contribution in [0.1, 0.15) is 38.5 Å². The fraction of sp³-hybridized carbons (Fsp3) is 1.00. The molecule has 2 nitrogen and oxygen atoms in total. The van der Waals surface area contributed by atoms with Gasteiger partial charge in [-0.1, -0.05) is 19.3 Å². The molecule has 2 fully saturated rings. The van der Waals surface area contributed by atoms with E-state index in [-0.39, 0.29) is 5.60 Å². The first-order chi connectivity index (χ1) is 5.33. The second-order valence-corrected chi connectivity index (χ2v) is 3.87. The van der Waals surface area contributed by atoms with Gasteiger partial charge < -0.3 is 10.5 Å². The summed E-state index contributed by atoms with van der Waals surface area (Å²) in [6.07, 6.45) is 7.47. The third-order valence-electron chi connectivity index (χ3n) is 3.19. The summed E-state index contributed by atoms with van der Waals surface area (Å²) < 4.78 is 5.77. The number of hydrogen-bond donors (Lipinski definition) is 1. The summed E-state index contributed by atoms with van der Waals surface area (Å²) in [6.45, 7) is 0.890. The predicted octanol–water partition coefficient (Wildman–Crippen LogP) is 1.44. The van der Waals surface area contributed by atoms with Crippen molar-refractivity contribution in [2.24, 2.45) is 5.73 Å². The van der Waals surface area contributed by atoms with E-state index < -0.39 is 0 Å². The Morgan fingerprint density at radius 1 is 1.18 bits per heavy atom. The zero-order valence-electron chi connectivity index (χ0n) is 7.01. The highest BCUT2D eigenvalue weighted by Crippen LogP contribution is 2.38. The molecule has 0 aromatic rings. The van der Waals surface area contributed by atoms with Gasteiger partial charge in [0.15, 0.2) is 0 Å². The number of rotatable bonds is 0. The van der Waals surface area contributed by atoms with Crippen molar-refractivity contribution < 1.29 is 4.74 Å². The van der Waals surface area contributed by atoms with Crippen molar-refractivity contribution >= 4 is 0 Å². The average molecular weight is 155 g/mol. The highest BCUT2D eigenvalue weighted by molar-refractivity contribution is 4.97. The van der Waals surface area contributed by atoms with Crippen LogP contribution in [-0.4, -0.2) is 18.2 Å². The molecule has 1 saturated carbocycles. The topological polar surface area (TPSA) is 35.2 Å². The lowest BCUT2D eigenvalue weighted by molar-refractivity contribution is -0.0325. The van der Waals surface area contributed by atoms with E-state index in [1.165, 1.54) is 32.1 Å². The molecule has 1 aliphatic heterocycles. The predicted molar refractivity (Wildman–Crippen MR) is 44.4 cm³/mol. The van der Waals surface area contributed by atoms with Crippen molar-refractivity contribution in [2.75, 3.05) is 6.61 Å². The van der Waals surface area contributed by atoms with Crippen LogP contribution in [0, 0.1) is 0 Å². The van der Waals surface area contributed by atoms with E-state index in [0.29, 0.717) is 6.04 Å². The summed E-state index contributed by atoms with van der Waals surface area (Å²) in [5.74, 6) is 0. The van der Waals surface area contributed by atoms with E-state index >= 15 is 0 Å². The van der Waals surface area contributed by atoms with Gasteiger partial charge in [0.2, 0.25) is 0 Å². The van der Waals surface area contributed by atoms with Crippen LogP contribution < -0.4 is 5.73 Å². The number of hydrogen-bond acceptors (Lipinski definition) is 2. The van der Waals surface area contributed by atoms with Crippen LogP contribution in [0.25, 0.3) is 0 Å². The van der Waals surface area contributed by atoms with Gasteiger partial charge in [-0.05, 0) is 19.3 Å². The minimum atomic E-state index is 0.109. The maximum absolute atomic E-state index is 6.02. The Hall–Kier alpha value is -0.0800. The Balaban J connectivity index is 2.06. The van der Waals surface area contributed by atoms with E-state index in [9.17, 15) is 0 Å². The summed E-state index contributed by atoms with van der Waals surface area (Å²) in [6, 6.07) is 0.322. The van der Waals surface area contributed by atoms with Crippen LogP contribution >= 0.6 is 0 Å². The van der Waals surface area contributed by atoms with Crippen molar-refractivity contribution in [1.82, 2.24) is 0 Å². The van der Waals surface area contributed by atoms with Crippen molar-refractivity contribution in [2.45, 2.75) is 50.2 Å². The molecule has 1 heterocycles. The molecule has 2 rings (SSSR count). The summed E-state index contributed by atoms with van der Waals surface area (Å²) in [5, 5.41) is 0. The first-order valence-corrected chi connectivity index (χ1v) is 4.73. The maximum atomic E-state index is 6.02. The Morgan fingerprint density at radius 2 is 1.91 bits per heavy atom. The fourth-order valence-electron chi connectivity index (χ4n) is 2.42. The lowest BCUT2D eigenvalue weighted by atomic mass is 9.80. The second-order valence-electron chi connectivity index (χ2n) is 3.87. The number of nitrogens with two attached hydrogens (primary N) is 1. The van der Waals surface area contributed by atoms with Crippen LogP contribution in [0.2, 0.25) is 0 Å². The van der Waals surface area contributed by atoms with Gasteiger partial charge in [0, 0.05) is 12.6 Å². The molecule has 0 radical (unpaired) electrons. The lowest BCUT2D eigenvalue weighted by Crippen LogP contribution is -2.46. The molecule has 1 atom stereocenters. The summed E-state index contributed by atoms with van der Waals surface area (Å²) in [5.41, 5.74) is 6.13. The van der Waals surface area contributed by atoms with Gasteiger partial charge in [-0.3, -0.25) is 0 Å². The quantitative estimate of drug-likeness (QED) is 0.574.